The molecule has 1 aromatic carbocycles. The first-order chi connectivity index (χ1) is 57.9. The molecular formula is C95H181F3N12O12. The summed E-state index contributed by atoms with van der Waals surface area (Å²) in [4.78, 5) is 130. The van der Waals surface area contributed by atoms with E-state index in [1.165, 1.54) is 180 Å². The second-order valence-electron chi connectivity index (χ2n) is 33.2. The van der Waals surface area contributed by atoms with Gasteiger partial charge in [0.2, 0.25) is 0 Å². The Labute approximate surface area is 739 Å². The Morgan fingerprint density at radius 2 is 0.705 bits per heavy atom. The van der Waals surface area contributed by atoms with Gasteiger partial charge in [-0.05, 0) is 138 Å². The number of quaternary nitrogens is 12. The van der Waals surface area contributed by atoms with Gasteiger partial charge in [-0.25, -0.2) is 57.5 Å². The number of alkyl halides is 3. The number of hydrogen-bond donors (Lipinski definition) is 12. The molecule has 12 amide bonds. The first-order valence-corrected chi connectivity index (χ1v) is 45.9. The van der Waals surface area contributed by atoms with E-state index in [2.05, 4.69) is 119 Å². The van der Waals surface area contributed by atoms with Crippen LogP contribution >= 0.6 is 0 Å². The standard InChI is InChI=1S/C11H15NO.C10H19NO.C9H17NO.2C9H19NO.2C8H15NO.C7H13NO.3C7H15NO.C3H4F3NO/c1-3-10(11(13)12-2)9-7-5-4-6-8-9;1-11-10(12)8-7-9-5-3-2-4-6-9;1-10-9(11)7-6-8-4-2-3-5-8;1-4-6-7-8(5-2)9(11)10-3;1-4-6-8(7-5-2)9(11)10-3;1-9-8(10)6-7-4-2-3-5-7;1-9-8(10)7-5-3-2-4-6-7;1-8-7(9)6-4-2-3-5-6;1-7(2,3)5-6(9)8-4;1-4-5-6(2)7(9)8-3;1-4-6(5-2)7(9)8-3;1-7-2(8)3(4,5)6/h4-8,10H,2-3,12H2,1H3;9H,1-8,11H2;8H,1-7,10H2;2*8H,3-7,10H2,1-2H3;2*7H,1-6,9H2;6H,1-5,8H2;4-5,8H2,1-3H3;2*6H,3-5,8H2,1-2H3;1,7H2. The summed E-state index contributed by atoms with van der Waals surface area (Å²) < 4.78 is 33.1. The van der Waals surface area contributed by atoms with Crippen LogP contribution in [0.3, 0.4) is 0 Å². The summed E-state index contributed by atoms with van der Waals surface area (Å²) in [5.74, 6) is 4.02. The molecule has 6 rings (SSSR count). The predicted molar refractivity (Wildman–Crippen MR) is 474 cm³/mol. The maximum absolute atomic E-state index is 11.4. The van der Waals surface area contributed by atoms with Crippen LogP contribution in [0.15, 0.2) is 30.3 Å². The van der Waals surface area contributed by atoms with E-state index >= 15 is 0 Å². The Bertz CT molecular complexity index is 2780. The van der Waals surface area contributed by atoms with Gasteiger partial charge in [0.15, 0.2) is 0 Å². The van der Waals surface area contributed by atoms with Crippen LogP contribution in [0, 0.1) is 143 Å². The van der Waals surface area contributed by atoms with Gasteiger partial charge in [-0.1, -0.05) is 241 Å². The second-order valence-corrected chi connectivity index (χ2v) is 33.2. The van der Waals surface area contributed by atoms with Gasteiger partial charge in [-0.2, -0.15) is 13.2 Å². The lowest BCUT2D eigenvalue weighted by molar-refractivity contribution is -0.524. The minimum atomic E-state index is -4.75. The fourth-order valence-electron chi connectivity index (χ4n) is 14.4. The van der Waals surface area contributed by atoms with Crippen molar-refractivity contribution < 1.29 is 135 Å². The summed E-state index contributed by atoms with van der Waals surface area (Å²) in [5, 5.41) is 16.0. The van der Waals surface area contributed by atoms with Crippen molar-refractivity contribution in [1.29, 1.82) is 0 Å². The minimum Gasteiger partial charge on any atom is -0.415 e. The molecule has 24 nitrogen and oxygen atoms in total. The lowest BCUT2D eigenvalue weighted by Gasteiger charge is -2.20. The molecule has 5 saturated carbocycles. The highest BCUT2D eigenvalue weighted by atomic mass is 19.4. The van der Waals surface area contributed by atoms with Crippen LogP contribution in [0.1, 0.15) is 358 Å². The van der Waals surface area contributed by atoms with E-state index < -0.39 is 12.1 Å². The average Bonchev–Trinajstić information content (AvgIpc) is 0.962. The van der Waals surface area contributed by atoms with Crippen LogP contribution < -0.4 is 63.8 Å². The Morgan fingerprint density at radius 3 is 0.992 bits per heavy atom. The number of benzene rings is 1. The molecule has 1 aromatic rings. The molecule has 0 aliphatic heterocycles. The molecule has 0 spiro atoms. The molecule has 714 valence electrons. The van der Waals surface area contributed by atoms with Crippen molar-refractivity contribution in [1.82, 2.24) is 0 Å². The number of hydrogen-bond acceptors (Lipinski definition) is 12. The number of halogens is 3. The molecule has 122 heavy (non-hydrogen) atoms. The number of amides is 12. The summed E-state index contributed by atoms with van der Waals surface area (Å²) in [6, 6.07) is 9.82. The van der Waals surface area contributed by atoms with Gasteiger partial charge in [0, 0.05) is 0 Å². The smallest absolute Gasteiger partial charge is 0.415 e. The van der Waals surface area contributed by atoms with E-state index in [4.69, 9.17) is 0 Å². The molecular weight excluding hydrogens is 1560 g/mol. The lowest BCUT2D eigenvalue weighted by atomic mass is 9.86. The van der Waals surface area contributed by atoms with Crippen LogP contribution in [0.4, 0.5) is 13.2 Å². The molecule has 0 aromatic heterocycles. The van der Waals surface area contributed by atoms with Crippen molar-refractivity contribution in [3.8, 4) is 0 Å². The predicted octanol–water partition coefficient (Wildman–Crippen LogP) is 6.60. The topological polar surface area (TPSA) is 404 Å². The number of nitrogens with two attached hydrogens (primary N) is 12. The average molecular weight is 1740 g/mol. The van der Waals surface area contributed by atoms with Crippen molar-refractivity contribution in [2.24, 2.45) is 58.7 Å². The fraction of sp³-hybridized carbons (Fsp3) is 0.684. The number of primary amides is 12. The van der Waals surface area contributed by atoms with Gasteiger partial charge in [0.05, 0.1) is 67.1 Å². The monoisotopic (exact) mass is 1740 g/mol. The SMILES string of the molecule is [CH2-][NH2+]C(=O)C(C)CCC.[CH2-][NH2+]C(=O)C(CC)CC.[CH2-][NH2+]C(=O)C(CC)CCCC.[CH2-][NH2+]C(=O)C(CC)c1ccccc1.[CH2-][NH2+]C(=O)C(CCC)CCC.[CH2-][NH2+]C(=O)C(F)(F)F.[CH2-][NH2+]C(=O)C1CCCC1.[CH2-][NH2+]C(=O)C1CCCCC1.[CH2-][NH2+]C(=O)CC(C)(C)C.[CH2-][NH2+]C(=O)CC1CCCC1.[CH2-][NH2+]C(=O)CCC1CCCC1.[CH2-][NH2+]C(=O)CCC1CCCCC1. The summed E-state index contributed by atoms with van der Waals surface area (Å²) in [6.45, 7) is 24.6. The van der Waals surface area contributed by atoms with Crippen LogP contribution in [0.5, 0.6) is 0 Å². The summed E-state index contributed by atoms with van der Waals surface area (Å²) in [5.41, 5.74) is 1.18. The zero-order valence-corrected chi connectivity index (χ0v) is 78.6. The van der Waals surface area contributed by atoms with E-state index in [-0.39, 0.29) is 105 Å². The van der Waals surface area contributed by atoms with E-state index in [9.17, 15) is 70.7 Å². The van der Waals surface area contributed by atoms with Crippen molar-refractivity contribution in [3.63, 3.8) is 0 Å². The van der Waals surface area contributed by atoms with Crippen molar-refractivity contribution >= 4 is 70.9 Å². The normalized spacial score (nSPS) is 15.3. The number of carbonyl (C=O) groups excluding carboxylic acids is 12. The van der Waals surface area contributed by atoms with Gasteiger partial charge >= 0.3 is 12.1 Å². The first kappa shape index (κ1) is 127. The maximum Gasteiger partial charge on any atom is 0.506 e. The first-order valence-electron chi connectivity index (χ1n) is 45.9. The van der Waals surface area contributed by atoms with Gasteiger partial charge in [0.25, 0.3) is 65.0 Å². The third-order valence-electron chi connectivity index (χ3n) is 22.0. The van der Waals surface area contributed by atoms with E-state index in [1.54, 1.807) is 0 Å². The van der Waals surface area contributed by atoms with Crippen molar-refractivity contribution in [2.45, 2.75) is 358 Å². The van der Waals surface area contributed by atoms with Crippen LogP contribution in [-0.2, 0) is 57.5 Å². The van der Waals surface area contributed by atoms with Crippen LogP contribution in [0.25, 0.3) is 0 Å². The third-order valence-corrected chi connectivity index (χ3v) is 22.0. The van der Waals surface area contributed by atoms with Crippen molar-refractivity contribution in [2.75, 3.05) is 0 Å². The maximum atomic E-state index is 11.4. The Morgan fingerprint density at radius 1 is 0.361 bits per heavy atom. The second kappa shape index (κ2) is 85.0. The molecule has 5 fully saturated rings. The largest absolute Gasteiger partial charge is 0.506 e. The molecule has 0 bridgehead atoms. The minimum absolute atomic E-state index is 0.0151. The van der Waals surface area contributed by atoms with Gasteiger partial charge in [-0.3, -0.25) is 0 Å². The molecule has 0 saturated heterocycles. The molecule has 5 aliphatic rings. The van der Waals surface area contributed by atoms with E-state index in [1.807, 2.05) is 78.8 Å². The van der Waals surface area contributed by atoms with Crippen molar-refractivity contribution in [3.05, 3.63) is 120 Å². The van der Waals surface area contributed by atoms with Gasteiger partial charge < -0.3 is 63.8 Å². The Hall–Kier alpha value is -5.43. The fourth-order valence-corrected chi connectivity index (χ4v) is 14.4. The number of rotatable bonds is 30. The molecule has 3 atom stereocenters. The lowest BCUT2D eigenvalue weighted by Crippen LogP contribution is -2.85. The van der Waals surface area contributed by atoms with Crippen LogP contribution in [0.2, 0.25) is 0 Å². The summed E-state index contributed by atoms with van der Waals surface area (Å²) in [7, 11) is 40.7. The molecule has 24 N–H and O–H groups in total. The van der Waals surface area contributed by atoms with Gasteiger partial charge in [0.1, 0.15) is 0 Å². The van der Waals surface area contributed by atoms with E-state index in [0.717, 1.165) is 139 Å². The molecule has 0 heterocycles. The highest BCUT2D eigenvalue weighted by Gasteiger charge is 2.40. The quantitative estimate of drug-likeness (QED) is 0.0363. The summed E-state index contributed by atoms with van der Waals surface area (Å²) in [6.07, 6.45) is 41.3. The highest BCUT2D eigenvalue weighted by Crippen LogP contribution is 2.30. The molecule has 3 unspecified atom stereocenters. The van der Waals surface area contributed by atoms with Crippen LogP contribution in [-0.4, -0.2) is 77.1 Å². The molecule has 5 aliphatic carbocycles. The molecule has 27 heteroatoms. The summed E-state index contributed by atoms with van der Waals surface area (Å²) >= 11 is 0. The zero-order chi connectivity index (χ0) is 94.3. The number of unbranched alkanes of at least 4 members (excludes halogenated alkanes) is 1. The van der Waals surface area contributed by atoms with E-state index in [0.29, 0.717) is 37.0 Å². The third kappa shape index (κ3) is 73.7. The highest BCUT2D eigenvalue weighted by molar-refractivity contribution is 5.75. The number of carbonyl (C=O) groups is 12. The Kier molecular flexibility index (Phi) is 88.8. The Balaban J connectivity index is -0.000000301. The molecule has 0 radical (unpaired) electrons. The zero-order valence-electron chi connectivity index (χ0n) is 78.6. The van der Waals surface area contributed by atoms with Gasteiger partial charge in [-0.15, -0.1) is 84.6 Å².